The molecule has 1 aromatic heterocycles. The van der Waals surface area contributed by atoms with Gasteiger partial charge in [0.2, 0.25) is 11.6 Å². The topological polar surface area (TPSA) is 110 Å². The molecule has 0 radical (unpaired) electrons. The Kier molecular flexibility index (Phi) is 4.13. The molecule has 0 aliphatic carbocycles. The van der Waals surface area contributed by atoms with Crippen LogP contribution in [-0.4, -0.2) is 16.1 Å². The summed E-state index contributed by atoms with van der Waals surface area (Å²) in [7, 11) is 0. The molecule has 4 N–H and O–H groups in total. The van der Waals surface area contributed by atoms with E-state index < -0.39 is 11.2 Å². The second kappa shape index (κ2) is 5.39. The summed E-state index contributed by atoms with van der Waals surface area (Å²) < 4.78 is 0. The van der Waals surface area contributed by atoms with Crippen molar-refractivity contribution in [3.8, 4) is 6.07 Å². The van der Waals surface area contributed by atoms with Crippen LogP contribution in [-0.2, 0) is 4.79 Å². The van der Waals surface area contributed by atoms with E-state index in [0.717, 1.165) is 11.8 Å². The highest BCUT2D eigenvalue weighted by Crippen LogP contribution is 2.34. The molecule has 0 spiro atoms. The average Bonchev–Trinajstić information content (AvgIpc) is 2.29. The molecule has 0 saturated heterocycles. The summed E-state index contributed by atoms with van der Waals surface area (Å²) in [5, 5.41) is 8.90. The Morgan fingerprint density at radius 3 is 2.72 bits per heavy atom. The maximum atomic E-state index is 11.0. The normalized spacial score (nSPS) is 11.3. The van der Waals surface area contributed by atoms with Gasteiger partial charge in [-0.25, -0.2) is 9.83 Å². The van der Waals surface area contributed by atoms with E-state index in [-0.39, 0.29) is 17.1 Å². The zero-order valence-electron chi connectivity index (χ0n) is 9.89. The number of carbonyl (C=O) groups is 1. The van der Waals surface area contributed by atoms with Gasteiger partial charge < -0.3 is 11.5 Å². The standard InChI is InChI=1S/C11H11N5OS/c1-5-7(4-12)11(18-6(2)10(14)17)16-9(13)8(5)15-3/h6H,1-2H3,(H2,13,16)(H2,14,17). The molecule has 0 fully saturated rings. The minimum atomic E-state index is -0.526. The molecule has 1 aromatic rings. The van der Waals surface area contributed by atoms with E-state index in [1.54, 1.807) is 13.8 Å². The Bertz CT molecular complexity index is 585. The number of aromatic nitrogens is 1. The lowest BCUT2D eigenvalue weighted by atomic mass is 10.1. The monoisotopic (exact) mass is 261 g/mol. The van der Waals surface area contributed by atoms with E-state index in [1.807, 2.05) is 6.07 Å². The summed E-state index contributed by atoms with van der Waals surface area (Å²) in [5.41, 5.74) is 11.7. The third kappa shape index (κ3) is 2.53. The molecule has 1 amide bonds. The van der Waals surface area contributed by atoms with Gasteiger partial charge in [-0.05, 0) is 19.4 Å². The van der Waals surface area contributed by atoms with Gasteiger partial charge in [-0.15, -0.1) is 0 Å². The lowest BCUT2D eigenvalue weighted by Gasteiger charge is -2.11. The fraction of sp³-hybridized carbons (Fsp3) is 0.273. The van der Waals surface area contributed by atoms with Crippen molar-refractivity contribution in [1.29, 1.82) is 5.26 Å². The number of anilines is 1. The second-order valence-electron chi connectivity index (χ2n) is 3.54. The number of hydrogen-bond donors (Lipinski definition) is 2. The molecule has 1 rings (SSSR count). The van der Waals surface area contributed by atoms with Crippen LogP contribution in [0.3, 0.4) is 0 Å². The number of nitrogens with two attached hydrogens (primary N) is 2. The van der Waals surface area contributed by atoms with Crippen molar-refractivity contribution in [2.75, 3.05) is 5.73 Å². The maximum Gasteiger partial charge on any atom is 0.232 e. The van der Waals surface area contributed by atoms with E-state index in [4.69, 9.17) is 23.3 Å². The zero-order chi connectivity index (χ0) is 13.9. The number of hydrogen-bond acceptors (Lipinski definition) is 5. The number of primary amides is 1. The lowest BCUT2D eigenvalue weighted by Crippen LogP contribution is -2.22. The van der Waals surface area contributed by atoms with Crippen molar-refractivity contribution < 1.29 is 4.79 Å². The summed E-state index contributed by atoms with van der Waals surface area (Å²) in [4.78, 5) is 18.2. The summed E-state index contributed by atoms with van der Waals surface area (Å²) in [5.74, 6) is -0.447. The number of nitrogen functional groups attached to an aromatic ring is 1. The average molecular weight is 261 g/mol. The molecule has 1 atom stereocenters. The molecule has 1 heterocycles. The first kappa shape index (κ1) is 13.8. The molecule has 0 aliphatic rings. The zero-order valence-corrected chi connectivity index (χ0v) is 10.7. The van der Waals surface area contributed by atoms with Crippen molar-refractivity contribution in [2.45, 2.75) is 24.1 Å². The van der Waals surface area contributed by atoms with E-state index >= 15 is 0 Å². The predicted octanol–water partition coefficient (Wildman–Crippen LogP) is 1.36. The number of nitrogens with zero attached hydrogens (tertiary/aromatic N) is 3. The van der Waals surface area contributed by atoms with Crippen LogP contribution in [0.5, 0.6) is 0 Å². The maximum absolute atomic E-state index is 11.0. The number of thioether (sulfide) groups is 1. The van der Waals surface area contributed by atoms with Crippen molar-refractivity contribution in [3.05, 3.63) is 22.5 Å². The Morgan fingerprint density at radius 1 is 1.67 bits per heavy atom. The van der Waals surface area contributed by atoms with Gasteiger partial charge in [-0.1, -0.05) is 11.8 Å². The highest BCUT2D eigenvalue weighted by molar-refractivity contribution is 8.00. The van der Waals surface area contributed by atoms with Gasteiger partial charge in [0.05, 0.1) is 17.4 Å². The van der Waals surface area contributed by atoms with Crippen molar-refractivity contribution >= 4 is 29.2 Å². The third-order valence-corrected chi connectivity index (χ3v) is 3.43. The van der Waals surface area contributed by atoms with Crippen LogP contribution in [0, 0.1) is 24.8 Å². The van der Waals surface area contributed by atoms with E-state index in [9.17, 15) is 4.79 Å². The van der Waals surface area contributed by atoms with Crippen molar-refractivity contribution in [3.63, 3.8) is 0 Å². The molecule has 7 heteroatoms. The number of carbonyl (C=O) groups excluding carboxylic acids is 1. The van der Waals surface area contributed by atoms with Gasteiger partial charge >= 0.3 is 0 Å². The molecule has 0 aromatic carbocycles. The molecule has 1 unspecified atom stereocenters. The number of pyridine rings is 1. The smallest absolute Gasteiger partial charge is 0.232 e. The van der Waals surface area contributed by atoms with Crippen LogP contribution in [0.15, 0.2) is 5.03 Å². The Labute approximate surface area is 109 Å². The Morgan fingerprint density at radius 2 is 2.28 bits per heavy atom. The van der Waals surface area contributed by atoms with Crippen LogP contribution < -0.4 is 11.5 Å². The minimum absolute atomic E-state index is 0.0562. The summed E-state index contributed by atoms with van der Waals surface area (Å²) in [6, 6.07) is 1.98. The number of nitriles is 1. The van der Waals surface area contributed by atoms with Gasteiger partial charge in [0.1, 0.15) is 16.9 Å². The lowest BCUT2D eigenvalue weighted by molar-refractivity contribution is -0.117. The molecular weight excluding hydrogens is 250 g/mol. The van der Waals surface area contributed by atoms with E-state index in [2.05, 4.69) is 9.83 Å². The molecule has 0 bridgehead atoms. The largest absolute Gasteiger partial charge is 0.392 e. The highest BCUT2D eigenvalue weighted by atomic mass is 32.2. The quantitative estimate of drug-likeness (QED) is 0.630. The van der Waals surface area contributed by atoms with E-state index in [1.165, 1.54) is 0 Å². The van der Waals surface area contributed by atoms with Crippen LogP contribution >= 0.6 is 11.8 Å². The Balaban J connectivity index is 3.35. The van der Waals surface area contributed by atoms with Crippen LogP contribution in [0.25, 0.3) is 4.85 Å². The second-order valence-corrected chi connectivity index (χ2v) is 4.87. The first-order chi connectivity index (χ1) is 8.42. The van der Waals surface area contributed by atoms with Crippen LogP contribution in [0.1, 0.15) is 18.1 Å². The van der Waals surface area contributed by atoms with Gasteiger partial charge in [-0.2, -0.15) is 5.26 Å². The van der Waals surface area contributed by atoms with Gasteiger partial charge in [0.25, 0.3) is 0 Å². The number of rotatable bonds is 3. The van der Waals surface area contributed by atoms with Crippen LogP contribution in [0.2, 0.25) is 0 Å². The molecule has 0 aliphatic heterocycles. The SMILES string of the molecule is [C-]#[N+]c1c(N)nc(SC(C)C(N)=O)c(C#N)c1C. The summed E-state index contributed by atoms with van der Waals surface area (Å²) in [6.07, 6.45) is 0. The summed E-state index contributed by atoms with van der Waals surface area (Å²) >= 11 is 1.06. The third-order valence-electron chi connectivity index (χ3n) is 2.32. The molecule has 0 saturated carbocycles. The summed E-state index contributed by atoms with van der Waals surface area (Å²) in [6.45, 7) is 10.2. The first-order valence-electron chi connectivity index (χ1n) is 4.96. The van der Waals surface area contributed by atoms with E-state index in [0.29, 0.717) is 10.6 Å². The Hall–Kier alpha value is -2.25. The van der Waals surface area contributed by atoms with Crippen molar-refractivity contribution in [1.82, 2.24) is 4.98 Å². The van der Waals surface area contributed by atoms with Gasteiger partial charge in [0.15, 0.2) is 0 Å². The first-order valence-corrected chi connectivity index (χ1v) is 5.84. The van der Waals surface area contributed by atoms with Crippen LogP contribution in [0.4, 0.5) is 11.5 Å². The fourth-order valence-electron chi connectivity index (χ4n) is 1.27. The molecule has 6 nitrogen and oxygen atoms in total. The number of amides is 1. The van der Waals surface area contributed by atoms with Gasteiger partial charge in [0, 0.05) is 0 Å². The highest BCUT2D eigenvalue weighted by Gasteiger charge is 2.19. The van der Waals surface area contributed by atoms with Gasteiger partial charge in [-0.3, -0.25) is 4.79 Å². The fourth-order valence-corrected chi connectivity index (χ4v) is 2.19. The molecule has 18 heavy (non-hydrogen) atoms. The minimum Gasteiger partial charge on any atom is -0.392 e. The predicted molar refractivity (Wildman–Crippen MR) is 68.9 cm³/mol. The van der Waals surface area contributed by atoms with Crippen molar-refractivity contribution in [2.24, 2.45) is 5.73 Å². The molecular formula is C11H11N5OS. The molecule has 92 valence electrons.